The van der Waals surface area contributed by atoms with Gasteiger partial charge in [-0.05, 0) is 38.5 Å². The number of anilines is 1. The van der Waals surface area contributed by atoms with Crippen molar-refractivity contribution in [2.45, 2.75) is 45.1 Å². The van der Waals surface area contributed by atoms with Crippen molar-refractivity contribution in [3.05, 3.63) is 11.9 Å². The summed E-state index contributed by atoms with van der Waals surface area (Å²) < 4.78 is 2.33. The average molecular weight is 205 g/mol. The van der Waals surface area contributed by atoms with E-state index < -0.39 is 0 Å². The fourth-order valence-corrected chi connectivity index (χ4v) is 2.21. The van der Waals surface area contributed by atoms with Gasteiger partial charge in [-0.1, -0.05) is 6.42 Å². The molecule has 0 spiro atoms. The van der Waals surface area contributed by atoms with Crippen LogP contribution in [0.1, 0.15) is 43.8 Å². The Bertz CT molecular complexity index is 348. The van der Waals surface area contributed by atoms with Gasteiger partial charge in [-0.15, -0.1) is 0 Å². The van der Waals surface area contributed by atoms with Crippen molar-refractivity contribution < 1.29 is 0 Å². The van der Waals surface area contributed by atoms with Gasteiger partial charge < -0.3 is 9.88 Å². The van der Waals surface area contributed by atoms with E-state index in [-0.39, 0.29) is 0 Å². The van der Waals surface area contributed by atoms with Crippen molar-refractivity contribution in [2.24, 2.45) is 5.92 Å². The molecule has 82 valence electrons. The highest BCUT2D eigenvalue weighted by molar-refractivity contribution is 5.30. The first-order valence-corrected chi connectivity index (χ1v) is 6.12. The highest BCUT2D eigenvalue weighted by Crippen LogP contribution is 2.37. The summed E-state index contributed by atoms with van der Waals surface area (Å²) in [7, 11) is 0. The fourth-order valence-electron chi connectivity index (χ4n) is 2.21. The monoisotopic (exact) mass is 205 g/mol. The molecule has 0 aromatic carbocycles. The Labute approximate surface area is 90.9 Å². The first-order chi connectivity index (χ1) is 7.33. The summed E-state index contributed by atoms with van der Waals surface area (Å²) in [5.74, 6) is 2.00. The molecule has 0 atom stereocenters. The van der Waals surface area contributed by atoms with Gasteiger partial charge in [-0.25, -0.2) is 4.98 Å². The summed E-state index contributed by atoms with van der Waals surface area (Å²) in [4.78, 5) is 4.55. The van der Waals surface area contributed by atoms with E-state index in [1.54, 1.807) is 0 Å². The van der Waals surface area contributed by atoms with E-state index in [0.717, 1.165) is 30.1 Å². The van der Waals surface area contributed by atoms with Crippen LogP contribution in [0, 0.1) is 12.8 Å². The Morgan fingerprint density at radius 2 is 2.20 bits per heavy atom. The molecule has 0 radical (unpaired) electrons. The molecule has 0 saturated heterocycles. The Morgan fingerprint density at radius 1 is 1.40 bits per heavy atom. The molecule has 3 nitrogen and oxygen atoms in total. The number of rotatable bonds is 4. The van der Waals surface area contributed by atoms with Gasteiger partial charge in [0.15, 0.2) is 0 Å². The summed E-state index contributed by atoms with van der Waals surface area (Å²) >= 11 is 0. The summed E-state index contributed by atoms with van der Waals surface area (Å²) in [5.41, 5.74) is 1.14. The van der Waals surface area contributed by atoms with Gasteiger partial charge in [-0.3, -0.25) is 0 Å². The van der Waals surface area contributed by atoms with Crippen LogP contribution in [0.2, 0.25) is 0 Å². The van der Waals surface area contributed by atoms with Crippen LogP contribution in [-0.2, 0) is 0 Å². The van der Waals surface area contributed by atoms with Crippen molar-refractivity contribution in [3.63, 3.8) is 0 Å². The van der Waals surface area contributed by atoms with Crippen molar-refractivity contribution in [1.29, 1.82) is 0 Å². The molecule has 2 aliphatic carbocycles. The molecule has 3 rings (SSSR count). The molecular formula is C12H19N3. The maximum atomic E-state index is 4.55. The van der Waals surface area contributed by atoms with E-state index in [9.17, 15) is 0 Å². The Hall–Kier alpha value is -0.990. The number of hydrogen-bond donors (Lipinski definition) is 1. The standard InChI is InChI=1S/C12H19N3/c1-9-8-15(11-5-6-11)12(14-9)13-7-10-3-2-4-10/h8,10-11H,2-7H2,1H3,(H,13,14). The zero-order valence-electron chi connectivity index (χ0n) is 9.37. The molecule has 1 N–H and O–H groups in total. The van der Waals surface area contributed by atoms with E-state index in [1.165, 1.54) is 32.1 Å². The van der Waals surface area contributed by atoms with Crippen LogP contribution in [0.25, 0.3) is 0 Å². The number of aromatic nitrogens is 2. The van der Waals surface area contributed by atoms with Gasteiger partial charge in [-0.2, -0.15) is 0 Å². The van der Waals surface area contributed by atoms with Crippen LogP contribution in [0.5, 0.6) is 0 Å². The van der Waals surface area contributed by atoms with Crippen molar-refractivity contribution in [3.8, 4) is 0 Å². The van der Waals surface area contributed by atoms with Crippen molar-refractivity contribution >= 4 is 5.95 Å². The number of hydrogen-bond acceptors (Lipinski definition) is 2. The van der Waals surface area contributed by atoms with Crippen LogP contribution in [-0.4, -0.2) is 16.1 Å². The molecule has 1 aromatic rings. The van der Waals surface area contributed by atoms with E-state index >= 15 is 0 Å². The minimum atomic E-state index is 0.732. The number of nitrogens with one attached hydrogen (secondary N) is 1. The molecule has 0 aliphatic heterocycles. The molecule has 15 heavy (non-hydrogen) atoms. The lowest BCUT2D eigenvalue weighted by Gasteiger charge is -2.25. The lowest BCUT2D eigenvalue weighted by atomic mass is 9.85. The van der Waals surface area contributed by atoms with E-state index in [1.807, 2.05) is 0 Å². The van der Waals surface area contributed by atoms with Gasteiger partial charge >= 0.3 is 0 Å². The highest BCUT2D eigenvalue weighted by atomic mass is 15.2. The largest absolute Gasteiger partial charge is 0.355 e. The number of aryl methyl sites for hydroxylation is 1. The molecule has 2 saturated carbocycles. The number of nitrogens with zero attached hydrogens (tertiary/aromatic N) is 2. The van der Waals surface area contributed by atoms with Gasteiger partial charge in [0.25, 0.3) is 0 Å². The lowest BCUT2D eigenvalue weighted by Crippen LogP contribution is -2.22. The van der Waals surface area contributed by atoms with Crippen molar-refractivity contribution in [1.82, 2.24) is 9.55 Å². The van der Waals surface area contributed by atoms with E-state index in [0.29, 0.717) is 0 Å². The second-order valence-electron chi connectivity index (χ2n) is 5.02. The van der Waals surface area contributed by atoms with Crippen molar-refractivity contribution in [2.75, 3.05) is 11.9 Å². The minimum Gasteiger partial charge on any atom is -0.355 e. The molecule has 3 heteroatoms. The second kappa shape index (κ2) is 3.54. The molecule has 0 unspecified atom stereocenters. The average Bonchev–Trinajstić information content (AvgIpc) is 2.89. The first kappa shape index (κ1) is 9.25. The van der Waals surface area contributed by atoms with Crippen LogP contribution in [0.4, 0.5) is 5.95 Å². The molecule has 1 heterocycles. The van der Waals surface area contributed by atoms with Gasteiger partial charge in [0, 0.05) is 18.8 Å². The SMILES string of the molecule is Cc1cn(C2CC2)c(NCC2CCC2)n1. The predicted octanol–water partition coefficient (Wildman–Crippen LogP) is 2.74. The molecular weight excluding hydrogens is 186 g/mol. The molecule has 0 bridgehead atoms. The topological polar surface area (TPSA) is 29.9 Å². The summed E-state index contributed by atoms with van der Waals surface area (Å²) in [6, 6.07) is 0.732. The van der Waals surface area contributed by atoms with Gasteiger partial charge in [0.2, 0.25) is 5.95 Å². The summed E-state index contributed by atoms with van der Waals surface area (Å²) in [6.45, 7) is 3.19. The maximum absolute atomic E-state index is 4.55. The smallest absolute Gasteiger partial charge is 0.203 e. The normalized spacial score (nSPS) is 21.4. The van der Waals surface area contributed by atoms with E-state index in [4.69, 9.17) is 0 Å². The summed E-state index contributed by atoms with van der Waals surface area (Å²) in [5, 5.41) is 3.51. The zero-order valence-corrected chi connectivity index (χ0v) is 9.37. The predicted molar refractivity (Wildman–Crippen MR) is 61.1 cm³/mol. The molecule has 0 amide bonds. The highest BCUT2D eigenvalue weighted by Gasteiger charge is 2.26. The zero-order chi connectivity index (χ0) is 10.3. The van der Waals surface area contributed by atoms with Crippen LogP contribution in [0.15, 0.2) is 6.20 Å². The fraction of sp³-hybridized carbons (Fsp3) is 0.750. The quantitative estimate of drug-likeness (QED) is 0.819. The molecule has 2 fully saturated rings. The molecule has 1 aromatic heterocycles. The van der Waals surface area contributed by atoms with Gasteiger partial charge in [0.1, 0.15) is 0 Å². The Balaban J connectivity index is 1.66. The molecule has 2 aliphatic rings. The second-order valence-corrected chi connectivity index (χ2v) is 5.02. The lowest BCUT2D eigenvalue weighted by molar-refractivity contribution is 0.332. The van der Waals surface area contributed by atoms with E-state index in [2.05, 4.69) is 28.0 Å². The third kappa shape index (κ3) is 1.87. The Morgan fingerprint density at radius 3 is 2.80 bits per heavy atom. The Kier molecular flexibility index (Phi) is 2.19. The van der Waals surface area contributed by atoms with Crippen LogP contribution >= 0.6 is 0 Å². The number of imidazole rings is 1. The minimum absolute atomic E-state index is 0.732. The third-order valence-corrected chi connectivity index (χ3v) is 3.57. The maximum Gasteiger partial charge on any atom is 0.203 e. The van der Waals surface area contributed by atoms with Gasteiger partial charge in [0.05, 0.1) is 5.69 Å². The first-order valence-electron chi connectivity index (χ1n) is 6.12. The third-order valence-electron chi connectivity index (χ3n) is 3.57. The van der Waals surface area contributed by atoms with Crippen LogP contribution in [0.3, 0.4) is 0 Å². The van der Waals surface area contributed by atoms with Crippen LogP contribution < -0.4 is 5.32 Å². The summed E-state index contributed by atoms with van der Waals surface area (Å²) in [6.07, 6.45) is 9.05.